The number of allylic oxidation sites excluding steroid dienone is 3. The predicted octanol–water partition coefficient (Wildman–Crippen LogP) is 2.99. The van der Waals surface area contributed by atoms with E-state index >= 15 is 0 Å². The van der Waals surface area contributed by atoms with Crippen molar-refractivity contribution in [2.24, 2.45) is 5.92 Å². The third-order valence-corrected chi connectivity index (χ3v) is 3.60. The van der Waals surface area contributed by atoms with Crippen LogP contribution in [0.15, 0.2) is 24.3 Å². The number of likely N-dealkylation sites (tertiary alicyclic amines) is 1. The molecule has 1 unspecified atom stereocenters. The molecule has 1 nitrogen and oxygen atoms in total. The van der Waals surface area contributed by atoms with Gasteiger partial charge in [-0.15, -0.1) is 0 Å². The summed E-state index contributed by atoms with van der Waals surface area (Å²) in [6.07, 6.45) is 13.0. The molecule has 0 bridgehead atoms. The van der Waals surface area contributed by atoms with Crippen molar-refractivity contribution in [2.45, 2.75) is 38.6 Å². The third kappa shape index (κ3) is 2.09. The highest BCUT2D eigenvalue weighted by molar-refractivity contribution is 5.11. The Balaban J connectivity index is 1.91. The van der Waals surface area contributed by atoms with Gasteiger partial charge in [0.2, 0.25) is 0 Å². The highest BCUT2D eigenvalue weighted by Gasteiger charge is 2.32. The maximum atomic E-state index is 2.65. The fraction of sp³-hybridized carbons (Fsp3) is 0.692. The normalized spacial score (nSPS) is 31.1. The molecule has 1 atom stereocenters. The lowest BCUT2D eigenvalue weighted by Crippen LogP contribution is -2.40. The summed E-state index contributed by atoms with van der Waals surface area (Å²) >= 11 is 0. The Hall–Kier alpha value is -0.560. The van der Waals surface area contributed by atoms with Gasteiger partial charge in [0.15, 0.2) is 0 Å². The molecule has 78 valence electrons. The quantitative estimate of drug-likeness (QED) is 0.648. The average molecular weight is 191 g/mol. The molecule has 1 aliphatic heterocycles. The summed E-state index contributed by atoms with van der Waals surface area (Å²) in [5.74, 6) is 0.748. The highest BCUT2D eigenvalue weighted by Crippen LogP contribution is 2.29. The standard InChI is InChI=1S/C13H21N/c1-13(2)9-6-10-14(13)11-12-7-4-3-5-8-12/h3-5,7,12H,6,8-11H2,1-2H3. The predicted molar refractivity (Wildman–Crippen MR) is 61.3 cm³/mol. The van der Waals surface area contributed by atoms with Crippen LogP contribution >= 0.6 is 0 Å². The molecule has 14 heavy (non-hydrogen) atoms. The molecule has 2 aliphatic rings. The first-order valence-electron chi connectivity index (χ1n) is 5.77. The van der Waals surface area contributed by atoms with Crippen molar-refractivity contribution in [1.82, 2.24) is 4.90 Å². The molecule has 1 fully saturated rings. The summed E-state index contributed by atoms with van der Waals surface area (Å²) in [5.41, 5.74) is 0.439. The summed E-state index contributed by atoms with van der Waals surface area (Å²) in [5, 5.41) is 0. The second kappa shape index (κ2) is 3.90. The SMILES string of the molecule is CC1(C)CCCN1CC1C=CC=CC1. The second-order valence-corrected chi connectivity index (χ2v) is 5.17. The minimum absolute atomic E-state index is 0.439. The highest BCUT2D eigenvalue weighted by atomic mass is 15.2. The smallest absolute Gasteiger partial charge is 0.0153 e. The van der Waals surface area contributed by atoms with Gasteiger partial charge in [0.1, 0.15) is 0 Å². The molecule has 0 amide bonds. The average Bonchev–Trinajstić information content (AvgIpc) is 2.48. The molecule has 1 saturated heterocycles. The van der Waals surface area contributed by atoms with Gasteiger partial charge in [-0.25, -0.2) is 0 Å². The number of hydrogen-bond donors (Lipinski definition) is 0. The van der Waals surface area contributed by atoms with Crippen molar-refractivity contribution in [3.05, 3.63) is 24.3 Å². The molecule has 0 aromatic carbocycles. The molecule has 1 heteroatoms. The number of rotatable bonds is 2. The zero-order valence-corrected chi connectivity index (χ0v) is 9.37. The van der Waals surface area contributed by atoms with Crippen molar-refractivity contribution in [3.63, 3.8) is 0 Å². The molecule has 0 aromatic heterocycles. The Labute approximate surface area is 87.5 Å². The van der Waals surface area contributed by atoms with Crippen LogP contribution in [0.5, 0.6) is 0 Å². The Morgan fingerprint density at radius 1 is 1.36 bits per heavy atom. The van der Waals surface area contributed by atoms with Crippen molar-refractivity contribution >= 4 is 0 Å². The number of nitrogens with zero attached hydrogens (tertiary/aromatic N) is 1. The summed E-state index contributed by atoms with van der Waals surface area (Å²) < 4.78 is 0. The molecule has 0 radical (unpaired) electrons. The van der Waals surface area contributed by atoms with E-state index in [4.69, 9.17) is 0 Å². The van der Waals surface area contributed by atoms with Crippen molar-refractivity contribution in [1.29, 1.82) is 0 Å². The lowest BCUT2D eigenvalue weighted by atomic mass is 9.97. The van der Waals surface area contributed by atoms with Gasteiger partial charge >= 0.3 is 0 Å². The lowest BCUT2D eigenvalue weighted by molar-refractivity contribution is 0.158. The van der Waals surface area contributed by atoms with E-state index in [9.17, 15) is 0 Å². The monoisotopic (exact) mass is 191 g/mol. The van der Waals surface area contributed by atoms with E-state index in [1.165, 1.54) is 32.4 Å². The van der Waals surface area contributed by atoms with Crippen LogP contribution in [0.1, 0.15) is 33.1 Å². The van der Waals surface area contributed by atoms with Crippen molar-refractivity contribution in [3.8, 4) is 0 Å². The first kappa shape index (κ1) is 9.97. The van der Waals surface area contributed by atoms with Gasteiger partial charge in [-0.05, 0) is 45.6 Å². The Bertz CT molecular complexity index is 250. The first-order valence-corrected chi connectivity index (χ1v) is 5.77. The zero-order valence-electron chi connectivity index (χ0n) is 9.37. The van der Waals surface area contributed by atoms with Crippen LogP contribution in [-0.4, -0.2) is 23.5 Å². The van der Waals surface area contributed by atoms with Crippen LogP contribution in [0.25, 0.3) is 0 Å². The van der Waals surface area contributed by atoms with E-state index in [1.54, 1.807) is 0 Å². The summed E-state index contributed by atoms with van der Waals surface area (Å²) in [6.45, 7) is 7.29. The van der Waals surface area contributed by atoms with E-state index in [2.05, 4.69) is 43.1 Å². The Morgan fingerprint density at radius 3 is 2.79 bits per heavy atom. The molecule has 1 aliphatic carbocycles. The van der Waals surface area contributed by atoms with Gasteiger partial charge in [0.05, 0.1) is 0 Å². The lowest BCUT2D eigenvalue weighted by Gasteiger charge is -2.34. The van der Waals surface area contributed by atoms with Crippen LogP contribution in [0.2, 0.25) is 0 Å². The maximum Gasteiger partial charge on any atom is 0.0153 e. The second-order valence-electron chi connectivity index (χ2n) is 5.17. The fourth-order valence-electron chi connectivity index (χ4n) is 2.55. The van der Waals surface area contributed by atoms with E-state index in [0.717, 1.165) is 5.92 Å². The summed E-state index contributed by atoms with van der Waals surface area (Å²) in [6, 6.07) is 0. The Kier molecular flexibility index (Phi) is 2.78. The number of hydrogen-bond acceptors (Lipinski definition) is 1. The molecular formula is C13H21N. The molecule has 0 aromatic rings. The van der Waals surface area contributed by atoms with Crippen LogP contribution < -0.4 is 0 Å². The first-order chi connectivity index (χ1) is 6.68. The van der Waals surface area contributed by atoms with Crippen LogP contribution in [-0.2, 0) is 0 Å². The van der Waals surface area contributed by atoms with Gasteiger partial charge in [0, 0.05) is 12.1 Å². The van der Waals surface area contributed by atoms with Crippen molar-refractivity contribution < 1.29 is 0 Å². The summed E-state index contributed by atoms with van der Waals surface area (Å²) in [7, 11) is 0. The molecular weight excluding hydrogens is 170 g/mol. The van der Waals surface area contributed by atoms with Crippen LogP contribution in [0.3, 0.4) is 0 Å². The summed E-state index contributed by atoms with van der Waals surface area (Å²) in [4.78, 5) is 2.65. The van der Waals surface area contributed by atoms with Gasteiger partial charge in [-0.3, -0.25) is 4.90 Å². The molecule has 2 rings (SSSR count). The van der Waals surface area contributed by atoms with Gasteiger partial charge in [-0.2, -0.15) is 0 Å². The van der Waals surface area contributed by atoms with E-state index in [-0.39, 0.29) is 0 Å². The molecule has 0 N–H and O–H groups in total. The molecule has 1 heterocycles. The molecule has 0 saturated carbocycles. The van der Waals surface area contributed by atoms with Crippen LogP contribution in [0, 0.1) is 5.92 Å². The molecule has 0 spiro atoms. The van der Waals surface area contributed by atoms with Crippen LogP contribution in [0.4, 0.5) is 0 Å². The maximum absolute atomic E-state index is 2.65. The largest absolute Gasteiger partial charge is 0.298 e. The minimum atomic E-state index is 0.439. The van der Waals surface area contributed by atoms with Gasteiger partial charge < -0.3 is 0 Å². The van der Waals surface area contributed by atoms with E-state index < -0.39 is 0 Å². The van der Waals surface area contributed by atoms with Crippen molar-refractivity contribution in [2.75, 3.05) is 13.1 Å². The zero-order chi connectivity index (χ0) is 10.0. The van der Waals surface area contributed by atoms with E-state index in [1.807, 2.05) is 0 Å². The van der Waals surface area contributed by atoms with Gasteiger partial charge in [0.25, 0.3) is 0 Å². The topological polar surface area (TPSA) is 3.24 Å². The minimum Gasteiger partial charge on any atom is -0.298 e. The van der Waals surface area contributed by atoms with E-state index in [0.29, 0.717) is 5.54 Å². The Morgan fingerprint density at radius 2 is 2.21 bits per heavy atom. The third-order valence-electron chi connectivity index (χ3n) is 3.60. The fourth-order valence-corrected chi connectivity index (χ4v) is 2.55. The van der Waals surface area contributed by atoms with Gasteiger partial charge in [-0.1, -0.05) is 24.3 Å².